The molecule has 1 aromatic heterocycles. The topological polar surface area (TPSA) is 82.5 Å². The summed E-state index contributed by atoms with van der Waals surface area (Å²) in [5, 5.41) is 12.7. The van der Waals surface area contributed by atoms with Gasteiger partial charge in [0.2, 0.25) is 0 Å². The number of rotatable bonds is 10. The molecule has 0 aliphatic heterocycles. The Balaban J connectivity index is 1.57. The van der Waals surface area contributed by atoms with Gasteiger partial charge >= 0.3 is 12.0 Å². The Kier molecular flexibility index (Phi) is 9.46. The van der Waals surface area contributed by atoms with Crippen LogP contribution in [0.25, 0.3) is 0 Å². The number of carbonyl (C=O) groups is 2. The van der Waals surface area contributed by atoms with E-state index in [0.717, 1.165) is 47.0 Å². The van der Waals surface area contributed by atoms with Crippen LogP contribution in [0.5, 0.6) is 0 Å². The zero-order valence-electron chi connectivity index (χ0n) is 18.9. The summed E-state index contributed by atoms with van der Waals surface area (Å²) < 4.78 is 12.9. The molecule has 1 aromatic carbocycles. The summed E-state index contributed by atoms with van der Waals surface area (Å²) in [6.45, 7) is 3.93. The van der Waals surface area contributed by atoms with Gasteiger partial charge < -0.3 is 10.0 Å². The van der Waals surface area contributed by atoms with Crippen molar-refractivity contribution in [3.05, 3.63) is 36.3 Å². The molecule has 1 aliphatic rings. The number of aliphatic carboxylic acids is 1. The lowest BCUT2D eigenvalue weighted by atomic mass is 9.94. The van der Waals surface area contributed by atoms with E-state index in [-0.39, 0.29) is 17.9 Å². The van der Waals surface area contributed by atoms with Crippen molar-refractivity contribution in [2.75, 3.05) is 17.6 Å². The highest BCUT2D eigenvalue weighted by Crippen LogP contribution is 2.37. The number of urea groups is 1. The van der Waals surface area contributed by atoms with Crippen LogP contribution in [-0.4, -0.2) is 50.1 Å². The van der Waals surface area contributed by atoms with E-state index < -0.39 is 10.7 Å². The molecule has 2 aromatic rings. The molecule has 33 heavy (non-hydrogen) atoms. The summed E-state index contributed by atoms with van der Waals surface area (Å²) >= 11 is 4.17. The Morgan fingerprint density at radius 3 is 2.61 bits per heavy atom. The van der Waals surface area contributed by atoms with E-state index in [1.807, 2.05) is 4.90 Å². The Hall–Kier alpha value is -1.78. The number of nitrogens with zero attached hydrogens (tertiary/aromatic N) is 2. The molecule has 180 valence electrons. The van der Waals surface area contributed by atoms with Gasteiger partial charge in [-0.1, -0.05) is 42.4 Å². The van der Waals surface area contributed by atoms with Crippen LogP contribution in [0.15, 0.2) is 39.6 Å². The fourth-order valence-corrected chi connectivity index (χ4v) is 6.72. The minimum absolute atomic E-state index is 0.155. The number of anilines is 1. The maximum absolute atomic E-state index is 13.1. The summed E-state index contributed by atoms with van der Waals surface area (Å²) in [5.41, 5.74) is 0. The molecular formula is C23H30FN3O3S3. The average molecular weight is 512 g/mol. The van der Waals surface area contributed by atoms with E-state index in [1.54, 1.807) is 43.9 Å². The number of hydrogen-bond acceptors (Lipinski definition) is 6. The Bertz CT molecular complexity index is 931. The first-order valence-electron chi connectivity index (χ1n) is 11.1. The third-order valence-electron chi connectivity index (χ3n) is 5.47. The van der Waals surface area contributed by atoms with E-state index in [1.165, 1.54) is 41.7 Å². The molecule has 0 radical (unpaired) electrons. The minimum atomic E-state index is -0.968. The number of benzene rings is 1. The van der Waals surface area contributed by atoms with Gasteiger partial charge in [-0.05, 0) is 63.1 Å². The van der Waals surface area contributed by atoms with Crippen LogP contribution in [0, 0.1) is 5.82 Å². The van der Waals surface area contributed by atoms with E-state index in [9.17, 15) is 19.1 Å². The summed E-state index contributed by atoms with van der Waals surface area (Å²) in [4.78, 5) is 31.8. The molecule has 1 fully saturated rings. The van der Waals surface area contributed by atoms with Crippen molar-refractivity contribution in [2.45, 2.75) is 72.3 Å². The van der Waals surface area contributed by atoms with Gasteiger partial charge in [0.05, 0.1) is 10.4 Å². The molecule has 2 N–H and O–H groups in total. The third kappa shape index (κ3) is 7.89. The first-order valence-corrected chi connectivity index (χ1v) is 13.7. The van der Waals surface area contributed by atoms with Crippen molar-refractivity contribution in [1.29, 1.82) is 0 Å². The number of amides is 2. The highest BCUT2D eigenvalue weighted by molar-refractivity contribution is 8.03. The molecular weight excluding hydrogens is 481 g/mol. The number of thiazole rings is 1. The van der Waals surface area contributed by atoms with Gasteiger partial charge in [0.1, 0.15) is 10.6 Å². The summed E-state index contributed by atoms with van der Waals surface area (Å²) in [6, 6.07) is 6.53. The lowest BCUT2D eigenvalue weighted by Crippen LogP contribution is -2.44. The van der Waals surface area contributed by atoms with Crippen molar-refractivity contribution in [2.24, 2.45) is 0 Å². The van der Waals surface area contributed by atoms with Gasteiger partial charge in [-0.25, -0.2) is 14.2 Å². The highest BCUT2D eigenvalue weighted by atomic mass is 32.2. The molecule has 0 spiro atoms. The van der Waals surface area contributed by atoms with Crippen molar-refractivity contribution in [1.82, 2.24) is 9.88 Å². The maximum Gasteiger partial charge on any atom is 0.323 e. The lowest BCUT2D eigenvalue weighted by molar-refractivity contribution is -0.138. The largest absolute Gasteiger partial charge is 0.480 e. The van der Waals surface area contributed by atoms with Crippen molar-refractivity contribution >= 4 is 52.0 Å². The maximum atomic E-state index is 13.1. The van der Waals surface area contributed by atoms with E-state index in [4.69, 9.17) is 0 Å². The lowest BCUT2D eigenvalue weighted by Gasteiger charge is -2.34. The van der Waals surface area contributed by atoms with Crippen LogP contribution < -0.4 is 5.32 Å². The summed E-state index contributed by atoms with van der Waals surface area (Å²) in [5.74, 6) is -0.298. The van der Waals surface area contributed by atoms with Crippen molar-refractivity contribution in [3.8, 4) is 0 Å². The fourth-order valence-electron chi connectivity index (χ4n) is 3.62. The average Bonchev–Trinajstić information content (AvgIpc) is 3.21. The zero-order valence-corrected chi connectivity index (χ0v) is 21.3. The number of hydrogen-bond donors (Lipinski definition) is 2. The van der Waals surface area contributed by atoms with Crippen molar-refractivity contribution < 1.29 is 19.1 Å². The Morgan fingerprint density at radius 2 is 1.94 bits per heavy atom. The van der Waals surface area contributed by atoms with E-state index in [0.29, 0.717) is 11.7 Å². The molecule has 6 nitrogen and oxygen atoms in total. The van der Waals surface area contributed by atoms with Gasteiger partial charge in [0, 0.05) is 17.5 Å². The minimum Gasteiger partial charge on any atom is -0.480 e. The molecule has 0 bridgehead atoms. The van der Waals surface area contributed by atoms with Crippen LogP contribution >= 0.6 is 34.9 Å². The number of carboxylic acid groups (broad SMARTS) is 1. The highest BCUT2D eigenvalue weighted by Gasteiger charge is 2.30. The van der Waals surface area contributed by atoms with Crippen LogP contribution in [0.4, 0.5) is 14.3 Å². The number of nitrogens with one attached hydrogen (secondary N) is 1. The number of carboxylic acids is 1. The quantitative estimate of drug-likeness (QED) is 0.277. The van der Waals surface area contributed by atoms with Gasteiger partial charge in [-0.3, -0.25) is 10.1 Å². The van der Waals surface area contributed by atoms with Gasteiger partial charge in [0.25, 0.3) is 0 Å². The van der Waals surface area contributed by atoms with Crippen molar-refractivity contribution in [3.63, 3.8) is 0 Å². The molecule has 2 amide bonds. The van der Waals surface area contributed by atoms with E-state index >= 15 is 0 Å². The molecule has 1 aliphatic carbocycles. The Morgan fingerprint density at radius 1 is 1.24 bits per heavy atom. The predicted octanol–water partition coefficient (Wildman–Crippen LogP) is 6.59. The standard InChI is InChI=1S/C23H30FN3O3S3/c1-23(2,20(28)29)33-19-15-25-21(32-19)26-22(30)27(17-7-4-3-5-8-17)13-6-14-31-18-11-9-16(24)10-12-18/h9-12,15,17H,3-8,13-14H2,1-2H3,(H,28,29)(H,25,26,30). The SMILES string of the molecule is CC(C)(Sc1cnc(NC(=O)N(CCCSc2ccc(F)cc2)C2CCCCC2)s1)C(=O)O. The molecule has 1 saturated carbocycles. The molecule has 0 saturated heterocycles. The first kappa shape index (κ1) is 25.8. The zero-order chi connectivity index (χ0) is 23.8. The first-order chi connectivity index (χ1) is 15.7. The molecule has 0 unspecified atom stereocenters. The fraction of sp³-hybridized carbons (Fsp3) is 0.522. The predicted molar refractivity (Wildman–Crippen MR) is 134 cm³/mol. The molecule has 0 atom stereocenters. The Labute approximate surface area is 206 Å². The second-order valence-electron chi connectivity index (χ2n) is 8.47. The van der Waals surface area contributed by atoms with Crippen LogP contribution in [-0.2, 0) is 4.79 Å². The summed E-state index contributed by atoms with van der Waals surface area (Å²) in [6.07, 6.45) is 7.91. The van der Waals surface area contributed by atoms with Crippen LogP contribution in [0.3, 0.4) is 0 Å². The number of halogens is 1. The smallest absolute Gasteiger partial charge is 0.323 e. The van der Waals surface area contributed by atoms with Crippen LogP contribution in [0.2, 0.25) is 0 Å². The third-order valence-corrected chi connectivity index (χ3v) is 8.77. The molecule has 3 rings (SSSR count). The molecule has 1 heterocycles. The number of thioether (sulfide) groups is 2. The second kappa shape index (κ2) is 12.1. The number of aromatic nitrogens is 1. The summed E-state index contributed by atoms with van der Waals surface area (Å²) in [7, 11) is 0. The molecule has 10 heteroatoms. The number of carbonyl (C=O) groups excluding carboxylic acids is 1. The van der Waals surface area contributed by atoms with Gasteiger partial charge in [-0.15, -0.1) is 11.8 Å². The van der Waals surface area contributed by atoms with Crippen LogP contribution in [0.1, 0.15) is 52.4 Å². The second-order valence-corrected chi connectivity index (χ2v) is 12.6. The normalized spacial score (nSPS) is 14.8. The van der Waals surface area contributed by atoms with Gasteiger partial charge in [0.15, 0.2) is 5.13 Å². The monoisotopic (exact) mass is 511 g/mol. The van der Waals surface area contributed by atoms with Gasteiger partial charge in [-0.2, -0.15) is 0 Å². The van der Waals surface area contributed by atoms with E-state index in [2.05, 4.69) is 10.3 Å².